The predicted octanol–water partition coefficient (Wildman–Crippen LogP) is 4.47. The maximum Gasteiger partial charge on any atom is 0.0795 e. The van der Waals surface area contributed by atoms with Gasteiger partial charge in [0.1, 0.15) is 0 Å². The Hall–Kier alpha value is -1.08. The number of unbranched alkanes of at least 4 members (excludes halogenated alkanes) is 3. The van der Waals surface area contributed by atoms with Crippen molar-refractivity contribution in [3.63, 3.8) is 0 Å². The van der Waals surface area contributed by atoms with Crippen LogP contribution in [0.25, 0.3) is 0 Å². The lowest BCUT2D eigenvalue weighted by atomic mass is 9.94. The van der Waals surface area contributed by atoms with Crippen LogP contribution in [0.1, 0.15) is 54.9 Å². The van der Waals surface area contributed by atoms with Crippen LogP contribution in [-0.2, 0) is 0 Å². The lowest BCUT2D eigenvalue weighted by Crippen LogP contribution is -2.02. The van der Waals surface area contributed by atoms with Crippen LogP contribution in [0.15, 0.2) is 30.9 Å². The average Bonchev–Trinajstić information content (AvgIpc) is 2.28. The molecule has 1 unspecified atom stereocenters. The number of hydrogen-bond acceptors (Lipinski definition) is 1. The highest BCUT2D eigenvalue weighted by molar-refractivity contribution is 5.35. The fraction of sp³-hybridized carbons (Fsp3) is 0.500. The van der Waals surface area contributed by atoms with Crippen LogP contribution in [0.2, 0.25) is 0 Å². The van der Waals surface area contributed by atoms with Gasteiger partial charge in [-0.15, -0.1) is 6.58 Å². The molecule has 0 amide bonds. The summed E-state index contributed by atoms with van der Waals surface area (Å²) in [4.78, 5) is 0. The first-order valence-electron chi connectivity index (χ1n) is 6.52. The van der Waals surface area contributed by atoms with E-state index in [1.165, 1.54) is 24.0 Å². The summed E-state index contributed by atoms with van der Waals surface area (Å²) in [6.07, 6.45) is 7.05. The molecule has 0 aliphatic heterocycles. The van der Waals surface area contributed by atoms with E-state index in [0.717, 1.165) is 24.8 Å². The second-order valence-corrected chi connectivity index (χ2v) is 4.75. The van der Waals surface area contributed by atoms with Crippen LogP contribution >= 0.6 is 0 Å². The van der Waals surface area contributed by atoms with Gasteiger partial charge in [0.15, 0.2) is 0 Å². The average molecular weight is 232 g/mol. The molecule has 0 saturated heterocycles. The molecule has 0 radical (unpaired) electrons. The SMILES string of the molecule is C=CCCCCCC(O)c1c(C)cccc1C. The molecule has 0 bridgehead atoms. The summed E-state index contributed by atoms with van der Waals surface area (Å²) in [7, 11) is 0. The molecule has 94 valence electrons. The first-order chi connectivity index (χ1) is 8.16. The van der Waals surface area contributed by atoms with Crippen LogP contribution in [0.5, 0.6) is 0 Å². The van der Waals surface area contributed by atoms with Gasteiger partial charge in [0.05, 0.1) is 6.10 Å². The zero-order valence-corrected chi connectivity index (χ0v) is 11.1. The van der Waals surface area contributed by atoms with Crippen molar-refractivity contribution >= 4 is 0 Å². The monoisotopic (exact) mass is 232 g/mol. The van der Waals surface area contributed by atoms with E-state index in [4.69, 9.17) is 0 Å². The Labute approximate surface area is 105 Å². The van der Waals surface area contributed by atoms with Crippen molar-refractivity contribution in [3.05, 3.63) is 47.5 Å². The highest BCUT2D eigenvalue weighted by atomic mass is 16.3. The molecule has 1 atom stereocenters. The molecule has 1 aromatic rings. The molecule has 1 heteroatoms. The maximum atomic E-state index is 10.2. The second kappa shape index (κ2) is 7.29. The van der Waals surface area contributed by atoms with Gasteiger partial charge in [-0.05, 0) is 49.8 Å². The summed E-state index contributed by atoms with van der Waals surface area (Å²) < 4.78 is 0. The van der Waals surface area contributed by atoms with Crippen molar-refractivity contribution < 1.29 is 5.11 Å². The highest BCUT2D eigenvalue weighted by Gasteiger charge is 2.12. The molecule has 1 nitrogen and oxygen atoms in total. The quantitative estimate of drug-likeness (QED) is 0.543. The van der Waals surface area contributed by atoms with Gasteiger partial charge in [-0.3, -0.25) is 0 Å². The third-order valence-electron chi connectivity index (χ3n) is 3.26. The Morgan fingerprint density at radius 1 is 1.18 bits per heavy atom. The Kier molecular flexibility index (Phi) is 5.99. The fourth-order valence-electron chi connectivity index (χ4n) is 2.30. The Bertz CT molecular complexity index is 334. The summed E-state index contributed by atoms with van der Waals surface area (Å²) in [5, 5.41) is 10.2. The Morgan fingerprint density at radius 2 is 1.82 bits per heavy atom. The minimum atomic E-state index is -0.306. The van der Waals surface area contributed by atoms with E-state index in [-0.39, 0.29) is 6.10 Å². The number of allylic oxidation sites excluding steroid dienone is 1. The molecule has 1 aromatic carbocycles. The molecule has 1 N–H and O–H groups in total. The summed E-state index contributed by atoms with van der Waals surface area (Å²) >= 11 is 0. The van der Waals surface area contributed by atoms with E-state index in [1.54, 1.807) is 0 Å². The third-order valence-corrected chi connectivity index (χ3v) is 3.26. The summed E-state index contributed by atoms with van der Waals surface area (Å²) in [6, 6.07) is 6.19. The lowest BCUT2D eigenvalue weighted by Gasteiger charge is -2.16. The number of benzene rings is 1. The van der Waals surface area contributed by atoms with Crippen molar-refractivity contribution in [3.8, 4) is 0 Å². The Morgan fingerprint density at radius 3 is 2.41 bits per heavy atom. The number of rotatable bonds is 7. The van der Waals surface area contributed by atoms with E-state index in [9.17, 15) is 5.11 Å². The van der Waals surface area contributed by atoms with E-state index in [2.05, 4.69) is 32.6 Å². The van der Waals surface area contributed by atoms with Gasteiger partial charge in [-0.2, -0.15) is 0 Å². The molecular weight excluding hydrogens is 208 g/mol. The van der Waals surface area contributed by atoms with Crippen LogP contribution in [0.3, 0.4) is 0 Å². The van der Waals surface area contributed by atoms with Gasteiger partial charge in [0.25, 0.3) is 0 Å². The van der Waals surface area contributed by atoms with Gasteiger partial charge >= 0.3 is 0 Å². The summed E-state index contributed by atoms with van der Waals surface area (Å²) in [6.45, 7) is 7.86. The topological polar surface area (TPSA) is 20.2 Å². The largest absolute Gasteiger partial charge is 0.388 e. The molecule has 0 aromatic heterocycles. The molecule has 0 aliphatic rings. The van der Waals surface area contributed by atoms with Gasteiger partial charge in [-0.1, -0.05) is 37.1 Å². The molecular formula is C16H24O. The third kappa shape index (κ3) is 4.35. The van der Waals surface area contributed by atoms with Gasteiger partial charge in [0.2, 0.25) is 0 Å². The van der Waals surface area contributed by atoms with Crippen LogP contribution in [0, 0.1) is 13.8 Å². The minimum Gasteiger partial charge on any atom is -0.388 e. The Balaban J connectivity index is 2.46. The summed E-state index contributed by atoms with van der Waals surface area (Å²) in [5.74, 6) is 0. The molecule has 17 heavy (non-hydrogen) atoms. The van der Waals surface area contributed by atoms with Crippen LogP contribution in [-0.4, -0.2) is 5.11 Å². The maximum absolute atomic E-state index is 10.2. The number of hydrogen-bond donors (Lipinski definition) is 1. The second-order valence-electron chi connectivity index (χ2n) is 4.75. The fourth-order valence-corrected chi connectivity index (χ4v) is 2.30. The van der Waals surface area contributed by atoms with Crippen molar-refractivity contribution in [2.75, 3.05) is 0 Å². The van der Waals surface area contributed by atoms with Crippen LogP contribution < -0.4 is 0 Å². The summed E-state index contributed by atoms with van der Waals surface area (Å²) in [5.41, 5.74) is 3.52. The molecule has 0 heterocycles. The van der Waals surface area contributed by atoms with Gasteiger partial charge in [-0.25, -0.2) is 0 Å². The molecule has 0 aliphatic carbocycles. The first kappa shape index (κ1) is 14.0. The highest BCUT2D eigenvalue weighted by Crippen LogP contribution is 2.26. The first-order valence-corrected chi connectivity index (χ1v) is 6.52. The van der Waals surface area contributed by atoms with Crippen molar-refractivity contribution in [1.82, 2.24) is 0 Å². The van der Waals surface area contributed by atoms with E-state index in [1.807, 2.05) is 12.1 Å². The molecule has 0 spiro atoms. The normalized spacial score (nSPS) is 12.4. The zero-order chi connectivity index (χ0) is 12.7. The van der Waals surface area contributed by atoms with E-state index in [0.29, 0.717) is 0 Å². The number of aliphatic hydroxyl groups excluding tert-OH is 1. The number of aliphatic hydroxyl groups is 1. The zero-order valence-electron chi connectivity index (χ0n) is 11.1. The lowest BCUT2D eigenvalue weighted by molar-refractivity contribution is 0.162. The predicted molar refractivity (Wildman–Crippen MR) is 74.2 cm³/mol. The van der Waals surface area contributed by atoms with E-state index >= 15 is 0 Å². The number of aryl methyl sites for hydroxylation is 2. The molecule has 0 fully saturated rings. The van der Waals surface area contributed by atoms with Crippen molar-refractivity contribution in [2.45, 2.75) is 52.1 Å². The smallest absolute Gasteiger partial charge is 0.0795 e. The minimum absolute atomic E-state index is 0.306. The standard InChI is InChI=1S/C16H24O/c1-4-5-6-7-8-12-15(17)16-13(2)10-9-11-14(16)3/h4,9-11,15,17H,1,5-8,12H2,2-3H3. The molecule has 0 saturated carbocycles. The van der Waals surface area contributed by atoms with Crippen molar-refractivity contribution in [2.24, 2.45) is 0 Å². The van der Waals surface area contributed by atoms with Gasteiger partial charge < -0.3 is 5.11 Å². The molecule has 1 rings (SSSR count). The van der Waals surface area contributed by atoms with Crippen LogP contribution in [0.4, 0.5) is 0 Å². The van der Waals surface area contributed by atoms with Gasteiger partial charge in [0, 0.05) is 0 Å². The van der Waals surface area contributed by atoms with Crippen molar-refractivity contribution in [1.29, 1.82) is 0 Å². The van der Waals surface area contributed by atoms with E-state index < -0.39 is 0 Å².